The van der Waals surface area contributed by atoms with Crippen LogP contribution in [-0.2, 0) is 27.1 Å². The normalized spacial score (nSPS) is 14.9. The largest absolute Gasteiger partial charge is 0.460 e. The fourth-order valence-corrected chi connectivity index (χ4v) is 31.0. The van der Waals surface area contributed by atoms with E-state index in [1.807, 2.05) is 126 Å². The predicted molar refractivity (Wildman–Crippen MR) is 505 cm³/mol. The Morgan fingerprint density at radius 2 is 0.593 bits per heavy atom. The predicted octanol–water partition coefficient (Wildman–Crippen LogP) is 34.4. The van der Waals surface area contributed by atoms with Crippen LogP contribution >= 0.6 is 129 Å². The van der Waals surface area contributed by atoms with Gasteiger partial charge < -0.3 is 4.42 Å². The Morgan fingerprint density at radius 1 is 0.274 bits per heavy atom. The molecule has 0 atom stereocenters. The van der Waals surface area contributed by atoms with Gasteiger partial charge in [0.25, 0.3) is 0 Å². The lowest BCUT2D eigenvalue weighted by Crippen LogP contribution is -2.28. The molecular weight excluding hydrogens is 1630 g/mol. The standard InChI is InChI=1S/C25H16S2.C20H13BrS2.C20H28S2.C18H12OS2.C18H24S2/c1-2-8-19(9-3-1)25(20-11-10-17-6-4-5-7-18(17)16-20)21-12-14-26-23(21)24-22(25)13-15-27-24;21-12-20(15-6-5-13-3-1-2-4-14(13)11-15)16-7-9-22-18(16)19-17(20)8-10-23-19;1-3-4-5-6-7-8-9-10-13-20(2)16-11-14-21-18(16)19-17(20)12-15-22-19;1-18(15-10-11-4-2-3-5-14(11)19-15)12-6-8-20-16(12)17-13(18)7-9-21-17;1-3-4-5-6-7-8-11-18(2)14-9-12-19-16(14)17-15(18)10-13-20-17/h1-16H;1-11H,12H2;11-12,14-15H,3-10,13H2,1-2H3;2-10H,1H3;9-10,12-13H,3-8,11H2,1-2H3. The van der Waals surface area contributed by atoms with Crippen molar-refractivity contribution in [2.45, 2.75) is 164 Å². The van der Waals surface area contributed by atoms with Crippen molar-refractivity contribution in [2.24, 2.45) is 0 Å². The van der Waals surface area contributed by atoms with Crippen molar-refractivity contribution in [1.82, 2.24) is 0 Å². The van der Waals surface area contributed by atoms with E-state index in [-0.39, 0.29) is 27.1 Å². The first-order chi connectivity index (χ1) is 55.6. The Hall–Kier alpha value is -7.14. The van der Waals surface area contributed by atoms with Crippen LogP contribution in [0.5, 0.6) is 0 Å². The molecule has 22 rings (SSSR count). The van der Waals surface area contributed by atoms with Gasteiger partial charge in [-0.3, -0.25) is 0 Å². The van der Waals surface area contributed by atoms with E-state index in [0.29, 0.717) is 0 Å². The highest BCUT2D eigenvalue weighted by atomic mass is 79.9. The summed E-state index contributed by atoms with van der Waals surface area (Å²) in [4.78, 5) is 14.7. The van der Waals surface area contributed by atoms with Crippen molar-refractivity contribution in [3.05, 3.63) is 338 Å². The second-order valence-electron chi connectivity index (χ2n) is 31.6. The molecule has 570 valence electrons. The maximum atomic E-state index is 6.22. The zero-order valence-electron chi connectivity index (χ0n) is 64.8. The number of hydrogen-bond donors (Lipinski definition) is 0. The van der Waals surface area contributed by atoms with Gasteiger partial charge in [0.05, 0.1) is 16.2 Å². The van der Waals surface area contributed by atoms with E-state index in [2.05, 4.69) is 298 Å². The van der Waals surface area contributed by atoms with Crippen molar-refractivity contribution in [3.63, 3.8) is 0 Å². The van der Waals surface area contributed by atoms with Crippen molar-refractivity contribution < 1.29 is 4.42 Å². The number of rotatable bonds is 21. The summed E-state index contributed by atoms with van der Waals surface area (Å²) in [5, 5.41) is 29.7. The number of benzene rings is 6. The van der Waals surface area contributed by atoms with Crippen LogP contribution in [0.4, 0.5) is 0 Å². The lowest BCUT2D eigenvalue weighted by Gasteiger charge is -2.32. The lowest BCUT2D eigenvalue weighted by molar-refractivity contribution is 0.479. The smallest absolute Gasteiger partial charge is 0.134 e. The molecule has 1 nitrogen and oxygen atoms in total. The molecule has 0 N–H and O–H groups in total. The SMILES string of the molecule is BrCC1(c2ccc3ccccc3c2)c2ccsc2-c2sccc21.CC1(c2cc3ccccc3o2)c2ccsc2-c2sccc21.CCCCCCCCC1(C)c2ccsc2-c2sccc21.CCCCCCCCCCC1(C)c2ccsc2-c2sccc21.c1ccc(C2(c3ccc4ccccc4c3)c3ccsc3-c3sccc32)cc1. The summed E-state index contributed by atoms with van der Waals surface area (Å²) in [6, 6.07) is 75.8. The molecule has 11 heterocycles. The average Bonchev–Trinajstić information content (AvgIpc) is 1.52. The van der Waals surface area contributed by atoms with Crippen LogP contribution in [0, 0.1) is 0 Å². The van der Waals surface area contributed by atoms with Gasteiger partial charge in [0.15, 0.2) is 0 Å². The first kappa shape index (κ1) is 77.1. The van der Waals surface area contributed by atoms with Gasteiger partial charge in [0.1, 0.15) is 11.3 Å². The topological polar surface area (TPSA) is 13.1 Å². The van der Waals surface area contributed by atoms with Crippen LogP contribution in [0.3, 0.4) is 0 Å². The number of unbranched alkanes of at least 4 members (excludes halogenated alkanes) is 12. The van der Waals surface area contributed by atoms with Crippen molar-refractivity contribution in [3.8, 4) is 48.8 Å². The van der Waals surface area contributed by atoms with Crippen LogP contribution in [0.1, 0.15) is 215 Å². The highest BCUT2D eigenvalue weighted by Gasteiger charge is 2.50. The third-order valence-electron chi connectivity index (χ3n) is 25.2. The summed E-state index contributed by atoms with van der Waals surface area (Å²) in [6.45, 7) is 11.8. The van der Waals surface area contributed by atoms with Crippen molar-refractivity contribution >= 4 is 162 Å². The minimum Gasteiger partial charge on any atom is -0.460 e. The Balaban J connectivity index is 0.0000000988. The average molecular weight is 1720 g/mol. The maximum Gasteiger partial charge on any atom is 0.134 e. The number of fused-ring (bicyclic) bond motifs is 18. The molecule has 0 fully saturated rings. The van der Waals surface area contributed by atoms with Gasteiger partial charge in [-0.1, -0.05) is 255 Å². The molecule has 17 aromatic rings. The highest BCUT2D eigenvalue weighted by Crippen LogP contribution is 2.63. The zero-order valence-corrected chi connectivity index (χ0v) is 74.5. The Labute approximate surface area is 715 Å². The van der Waals surface area contributed by atoms with Crippen LogP contribution in [0.15, 0.2) is 264 Å². The summed E-state index contributed by atoms with van der Waals surface area (Å²) < 4.78 is 6.22. The number of hydrogen-bond acceptors (Lipinski definition) is 11. The van der Waals surface area contributed by atoms with Crippen LogP contribution in [0.2, 0.25) is 0 Å². The van der Waals surface area contributed by atoms with Gasteiger partial charge in [-0.15, -0.1) is 113 Å². The summed E-state index contributed by atoms with van der Waals surface area (Å²) in [5.41, 5.74) is 20.1. The molecule has 12 heteroatoms. The summed E-state index contributed by atoms with van der Waals surface area (Å²) in [5.74, 6) is 1.04. The molecule has 0 aliphatic heterocycles. The van der Waals surface area contributed by atoms with Gasteiger partial charge in [0.2, 0.25) is 0 Å². The Kier molecular flexibility index (Phi) is 22.6. The summed E-state index contributed by atoms with van der Waals surface area (Å²) in [7, 11) is 0. The highest BCUT2D eigenvalue weighted by molar-refractivity contribution is 9.09. The molecule has 6 aromatic carbocycles. The van der Waals surface area contributed by atoms with E-state index < -0.39 is 0 Å². The summed E-state index contributed by atoms with van der Waals surface area (Å²) >= 11 is 22.7. The van der Waals surface area contributed by atoms with Crippen molar-refractivity contribution in [1.29, 1.82) is 0 Å². The molecule has 0 saturated carbocycles. The maximum absolute atomic E-state index is 6.22. The monoisotopic (exact) mass is 1720 g/mol. The molecule has 0 amide bonds. The molecule has 0 unspecified atom stereocenters. The van der Waals surface area contributed by atoms with Crippen molar-refractivity contribution in [2.75, 3.05) is 5.33 Å². The Bertz CT molecular complexity index is 5870. The van der Waals surface area contributed by atoms with E-state index in [0.717, 1.165) is 16.7 Å². The molecule has 5 aliphatic carbocycles. The second kappa shape index (κ2) is 33.1. The minimum atomic E-state index is -0.226. The lowest BCUT2D eigenvalue weighted by atomic mass is 9.68. The molecule has 11 aromatic heterocycles. The Morgan fingerprint density at radius 3 is 1.01 bits per heavy atom. The third-order valence-corrected chi connectivity index (χ3v) is 36.0. The number of thiophene rings is 10. The molecule has 0 radical (unpaired) electrons. The first-order valence-electron chi connectivity index (χ1n) is 40.5. The van der Waals surface area contributed by atoms with E-state index in [9.17, 15) is 0 Å². The van der Waals surface area contributed by atoms with Gasteiger partial charge >= 0.3 is 0 Å². The van der Waals surface area contributed by atoms with Crippen LogP contribution in [-0.4, -0.2) is 5.33 Å². The molecule has 0 saturated heterocycles. The number of halogens is 1. The third kappa shape index (κ3) is 13.5. The zero-order chi connectivity index (χ0) is 76.7. The molecule has 5 aliphatic rings. The van der Waals surface area contributed by atoms with Gasteiger partial charge in [-0.25, -0.2) is 0 Å². The van der Waals surface area contributed by atoms with E-state index >= 15 is 0 Å². The molecule has 113 heavy (non-hydrogen) atoms. The molecular formula is C101H93BrOS10. The second-order valence-corrected chi connectivity index (χ2v) is 41.3. The number of alkyl halides is 1. The number of para-hydroxylation sites is 1. The molecule has 0 spiro atoms. The number of furan rings is 1. The van der Waals surface area contributed by atoms with Gasteiger partial charge in [-0.05, 0) is 252 Å². The fourth-order valence-electron chi connectivity index (χ4n) is 19.2. The minimum absolute atomic E-state index is 0.0608. The quantitative estimate of drug-likeness (QED) is 0.0516. The van der Waals surface area contributed by atoms with Gasteiger partial charge in [0, 0.05) is 70.3 Å². The van der Waals surface area contributed by atoms with Crippen LogP contribution in [0.25, 0.3) is 81.3 Å². The van der Waals surface area contributed by atoms with E-state index in [4.69, 9.17) is 4.42 Å². The fraction of sp³-hybridized carbons (Fsp3) is 0.267. The first-order valence-corrected chi connectivity index (χ1v) is 50.4. The van der Waals surface area contributed by atoms with E-state index in [1.54, 1.807) is 41.8 Å². The summed E-state index contributed by atoms with van der Waals surface area (Å²) in [6.07, 6.45) is 22.2. The van der Waals surface area contributed by atoms with Gasteiger partial charge in [-0.2, -0.15) is 0 Å². The van der Waals surface area contributed by atoms with E-state index in [1.165, 1.54) is 209 Å². The molecule has 0 bridgehead atoms. The van der Waals surface area contributed by atoms with Crippen LogP contribution < -0.4 is 0 Å².